The van der Waals surface area contributed by atoms with Gasteiger partial charge in [-0.1, -0.05) is 0 Å². The average Bonchev–Trinajstić information content (AvgIpc) is 2.25. The summed E-state index contributed by atoms with van der Waals surface area (Å²) in [6, 6.07) is -1.02. The van der Waals surface area contributed by atoms with Gasteiger partial charge in [-0.05, 0) is 0 Å². The molecule has 1 fully saturated rings. The molecular weight excluding hydrogens is 233 g/mol. The minimum Gasteiger partial charge on any atom is -0.368 e. The van der Waals surface area contributed by atoms with E-state index >= 15 is 0 Å². The van der Waals surface area contributed by atoms with Crippen molar-refractivity contribution in [2.75, 3.05) is 5.75 Å². The maximum atomic E-state index is 12.3. The van der Waals surface area contributed by atoms with Gasteiger partial charge in [0.1, 0.15) is 11.3 Å². The third kappa shape index (κ3) is 3.29. The van der Waals surface area contributed by atoms with Crippen LogP contribution in [0.5, 0.6) is 0 Å². The lowest BCUT2D eigenvalue weighted by Crippen LogP contribution is -2.44. The molecule has 1 heterocycles. The van der Waals surface area contributed by atoms with E-state index in [2.05, 4.69) is 5.32 Å². The van der Waals surface area contributed by atoms with Crippen molar-refractivity contribution >= 4 is 23.6 Å². The first kappa shape index (κ1) is 12.2. The molecule has 1 aliphatic heterocycles. The van der Waals surface area contributed by atoms with E-state index in [1.807, 2.05) is 0 Å². The minimum absolute atomic E-state index is 0.148. The standard InChI is InChI=1S/C7H9F3N2O2S/c8-7(9,10)4-1-5(13)12-3(2-15-4)6(11)14/h3-4H,1-2H2,(H2,11,14)(H,12,13)/t3-,4+/m0/s1. The molecule has 1 saturated heterocycles. The fraction of sp³-hybridized carbons (Fsp3) is 0.714. The molecule has 1 aliphatic rings. The molecule has 1 rings (SSSR count). The topological polar surface area (TPSA) is 72.2 Å². The summed E-state index contributed by atoms with van der Waals surface area (Å²) in [4.78, 5) is 21.7. The zero-order chi connectivity index (χ0) is 11.6. The second-order valence-electron chi connectivity index (χ2n) is 3.09. The van der Waals surface area contributed by atoms with E-state index in [1.54, 1.807) is 0 Å². The molecule has 2 atom stereocenters. The second-order valence-corrected chi connectivity index (χ2v) is 4.33. The van der Waals surface area contributed by atoms with E-state index in [-0.39, 0.29) is 5.75 Å². The van der Waals surface area contributed by atoms with E-state index in [1.165, 1.54) is 0 Å². The van der Waals surface area contributed by atoms with Gasteiger partial charge in [-0.2, -0.15) is 13.2 Å². The number of hydrogen-bond donors (Lipinski definition) is 2. The Morgan fingerprint density at radius 3 is 2.60 bits per heavy atom. The lowest BCUT2D eigenvalue weighted by Gasteiger charge is -2.15. The summed E-state index contributed by atoms with van der Waals surface area (Å²) in [5.41, 5.74) is 4.91. The van der Waals surface area contributed by atoms with Crippen molar-refractivity contribution < 1.29 is 22.8 Å². The van der Waals surface area contributed by atoms with Crippen LogP contribution in [0.2, 0.25) is 0 Å². The van der Waals surface area contributed by atoms with Gasteiger partial charge in [-0.3, -0.25) is 9.59 Å². The van der Waals surface area contributed by atoms with Gasteiger partial charge in [0.2, 0.25) is 11.8 Å². The van der Waals surface area contributed by atoms with Crippen molar-refractivity contribution in [3.05, 3.63) is 0 Å². The largest absolute Gasteiger partial charge is 0.401 e. The highest BCUT2D eigenvalue weighted by Gasteiger charge is 2.43. The molecule has 4 nitrogen and oxygen atoms in total. The molecule has 0 aromatic carbocycles. The van der Waals surface area contributed by atoms with Crippen LogP contribution in [0.4, 0.5) is 13.2 Å². The zero-order valence-electron chi connectivity index (χ0n) is 7.50. The van der Waals surface area contributed by atoms with E-state index < -0.39 is 35.7 Å². The van der Waals surface area contributed by atoms with Crippen LogP contribution < -0.4 is 11.1 Å². The van der Waals surface area contributed by atoms with Crippen LogP contribution in [0.1, 0.15) is 6.42 Å². The number of carbonyl (C=O) groups is 2. The molecule has 0 bridgehead atoms. The molecule has 0 aliphatic carbocycles. The fourth-order valence-electron chi connectivity index (χ4n) is 1.10. The van der Waals surface area contributed by atoms with Crippen LogP contribution in [0, 0.1) is 0 Å². The Hall–Kier alpha value is -0.920. The van der Waals surface area contributed by atoms with Crippen molar-refractivity contribution in [3.8, 4) is 0 Å². The van der Waals surface area contributed by atoms with Gasteiger partial charge in [-0.15, -0.1) is 11.8 Å². The van der Waals surface area contributed by atoms with Crippen LogP contribution in [0.25, 0.3) is 0 Å². The fourth-order valence-corrected chi connectivity index (χ4v) is 2.23. The molecule has 15 heavy (non-hydrogen) atoms. The first-order chi connectivity index (χ1) is 6.80. The van der Waals surface area contributed by atoms with E-state index in [9.17, 15) is 22.8 Å². The van der Waals surface area contributed by atoms with Gasteiger partial charge >= 0.3 is 6.18 Å². The van der Waals surface area contributed by atoms with Crippen LogP contribution >= 0.6 is 11.8 Å². The number of halogens is 3. The SMILES string of the molecule is NC(=O)[C@@H]1CS[C@@H](C(F)(F)F)CC(=O)N1. The molecule has 0 unspecified atom stereocenters. The lowest BCUT2D eigenvalue weighted by atomic mass is 10.2. The molecule has 0 aromatic rings. The van der Waals surface area contributed by atoms with Crippen LogP contribution in [-0.4, -0.2) is 35.0 Å². The van der Waals surface area contributed by atoms with Crippen LogP contribution in [-0.2, 0) is 9.59 Å². The predicted octanol–water partition coefficient (Wildman–Crippen LogP) is 0.0243. The number of amides is 2. The van der Waals surface area contributed by atoms with Gasteiger partial charge in [0.25, 0.3) is 0 Å². The normalized spacial score (nSPS) is 28.1. The Morgan fingerprint density at radius 2 is 2.13 bits per heavy atom. The summed E-state index contributed by atoms with van der Waals surface area (Å²) in [7, 11) is 0. The van der Waals surface area contributed by atoms with Crippen molar-refractivity contribution in [2.45, 2.75) is 23.9 Å². The van der Waals surface area contributed by atoms with Crippen LogP contribution in [0.15, 0.2) is 0 Å². The third-order valence-electron chi connectivity index (χ3n) is 1.88. The highest BCUT2D eigenvalue weighted by molar-refractivity contribution is 8.00. The number of alkyl halides is 3. The van der Waals surface area contributed by atoms with Gasteiger partial charge in [-0.25, -0.2) is 0 Å². The molecule has 8 heteroatoms. The van der Waals surface area contributed by atoms with E-state index in [4.69, 9.17) is 5.73 Å². The second kappa shape index (κ2) is 4.30. The number of hydrogen-bond acceptors (Lipinski definition) is 3. The highest BCUT2D eigenvalue weighted by atomic mass is 32.2. The number of rotatable bonds is 1. The van der Waals surface area contributed by atoms with Crippen molar-refractivity contribution in [3.63, 3.8) is 0 Å². The molecule has 0 radical (unpaired) electrons. The van der Waals surface area contributed by atoms with Crippen molar-refractivity contribution in [2.24, 2.45) is 5.73 Å². The molecule has 86 valence electrons. The number of carbonyl (C=O) groups excluding carboxylic acids is 2. The molecule has 0 aromatic heterocycles. The Kier molecular flexibility index (Phi) is 3.48. The first-order valence-corrected chi connectivity index (χ1v) is 5.12. The van der Waals surface area contributed by atoms with Crippen molar-refractivity contribution in [1.82, 2.24) is 5.32 Å². The lowest BCUT2D eigenvalue weighted by molar-refractivity contribution is -0.140. The highest BCUT2D eigenvalue weighted by Crippen LogP contribution is 2.34. The summed E-state index contributed by atoms with van der Waals surface area (Å²) in [5, 5.41) is 0.384. The summed E-state index contributed by atoms with van der Waals surface area (Å²) in [6.45, 7) is 0. The molecule has 0 spiro atoms. The van der Waals surface area contributed by atoms with E-state index in [0.29, 0.717) is 11.8 Å². The van der Waals surface area contributed by atoms with Gasteiger partial charge in [0.05, 0.1) is 0 Å². The smallest absolute Gasteiger partial charge is 0.368 e. The Balaban J connectivity index is 2.71. The maximum absolute atomic E-state index is 12.3. The monoisotopic (exact) mass is 242 g/mol. The quantitative estimate of drug-likeness (QED) is 0.681. The zero-order valence-corrected chi connectivity index (χ0v) is 8.32. The first-order valence-electron chi connectivity index (χ1n) is 4.07. The number of thioether (sulfide) groups is 1. The Morgan fingerprint density at radius 1 is 1.53 bits per heavy atom. The predicted molar refractivity (Wildman–Crippen MR) is 48.0 cm³/mol. The number of nitrogens with one attached hydrogen (secondary N) is 1. The Labute approximate surface area is 87.8 Å². The van der Waals surface area contributed by atoms with Crippen LogP contribution in [0.3, 0.4) is 0 Å². The number of primary amides is 1. The van der Waals surface area contributed by atoms with Crippen molar-refractivity contribution in [1.29, 1.82) is 0 Å². The van der Waals surface area contributed by atoms with Gasteiger partial charge < -0.3 is 11.1 Å². The average molecular weight is 242 g/mol. The summed E-state index contributed by atoms with van der Waals surface area (Å²) in [6.07, 6.45) is -5.10. The minimum atomic E-state index is -4.44. The number of nitrogens with two attached hydrogens (primary N) is 1. The molecule has 3 N–H and O–H groups in total. The third-order valence-corrected chi connectivity index (χ3v) is 3.24. The Bertz CT molecular complexity index is 282. The van der Waals surface area contributed by atoms with Gasteiger partial charge in [0, 0.05) is 12.2 Å². The maximum Gasteiger partial charge on any atom is 0.401 e. The van der Waals surface area contributed by atoms with E-state index in [0.717, 1.165) is 0 Å². The molecule has 2 amide bonds. The molecule has 0 saturated carbocycles. The summed E-state index contributed by atoms with van der Waals surface area (Å²) >= 11 is 0.522. The molecular formula is C7H9F3N2O2S. The summed E-state index contributed by atoms with van der Waals surface area (Å²) in [5.74, 6) is -1.77. The summed E-state index contributed by atoms with van der Waals surface area (Å²) < 4.78 is 36.9. The van der Waals surface area contributed by atoms with Gasteiger partial charge in [0.15, 0.2) is 0 Å².